The van der Waals surface area contributed by atoms with Crippen LogP contribution in [0.2, 0.25) is 5.02 Å². The van der Waals surface area contributed by atoms with Gasteiger partial charge >= 0.3 is 0 Å². The third kappa shape index (κ3) is 3.38. The first-order chi connectivity index (χ1) is 10.0. The third-order valence-corrected chi connectivity index (χ3v) is 6.10. The van der Waals surface area contributed by atoms with Crippen LogP contribution in [0.3, 0.4) is 0 Å². The Balaban J connectivity index is 2.35. The number of rotatable bonds is 5. The van der Waals surface area contributed by atoms with Crippen molar-refractivity contribution in [2.75, 3.05) is 13.2 Å². The van der Waals surface area contributed by atoms with Crippen molar-refractivity contribution >= 4 is 21.6 Å². The van der Waals surface area contributed by atoms with Crippen molar-refractivity contribution in [2.24, 2.45) is 0 Å². The number of nitriles is 1. The highest BCUT2D eigenvalue weighted by atomic mass is 35.5. The molecule has 2 rings (SSSR count). The summed E-state index contributed by atoms with van der Waals surface area (Å²) in [4.78, 5) is -0.0147. The van der Waals surface area contributed by atoms with Gasteiger partial charge in [-0.25, -0.2) is 8.42 Å². The first-order valence-electron chi connectivity index (χ1n) is 6.83. The first-order valence-corrected chi connectivity index (χ1v) is 8.65. The van der Waals surface area contributed by atoms with Crippen molar-refractivity contribution in [3.05, 3.63) is 28.8 Å². The van der Waals surface area contributed by atoms with Crippen LogP contribution in [0.15, 0.2) is 23.1 Å². The molecule has 0 spiro atoms. The SMILES string of the molecule is N#Cc1ccc(Cl)c(S(=O)(=O)N2CCCC2CCCO)c1. The monoisotopic (exact) mass is 328 g/mol. The largest absolute Gasteiger partial charge is 0.396 e. The predicted molar refractivity (Wildman–Crippen MR) is 79.4 cm³/mol. The van der Waals surface area contributed by atoms with Gasteiger partial charge in [0.2, 0.25) is 10.0 Å². The second kappa shape index (κ2) is 6.75. The molecule has 1 unspecified atom stereocenters. The molecule has 5 nitrogen and oxygen atoms in total. The Morgan fingerprint density at radius 1 is 1.48 bits per heavy atom. The van der Waals surface area contributed by atoms with E-state index in [4.69, 9.17) is 22.0 Å². The van der Waals surface area contributed by atoms with E-state index in [1.54, 1.807) is 0 Å². The molecule has 114 valence electrons. The Morgan fingerprint density at radius 2 is 2.24 bits per heavy atom. The molecule has 0 bridgehead atoms. The maximum Gasteiger partial charge on any atom is 0.244 e. The fourth-order valence-electron chi connectivity index (χ4n) is 2.64. The van der Waals surface area contributed by atoms with Gasteiger partial charge in [-0.15, -0.1) is 0 Å². The zero-order chi connectivity index (χ0) is 15.5. The second-order valence-electron chi connectivity index (χ2n) is 5.03. The first kappa shape index (κ1) is 16.2. The van der Waals surface area contributed by atoms with E-state index in [1.807, 2.05) is 6.07 Å². The molecule has 1 aromatic rings. The Morgan fingerprint density at radius 3 is 2.90 bits per heavy atom. The van der Waals surface area contributed by atoms with Crippen LogP contribution in [-0.2, 0) is 10.0 Å². The van der Waals surface area contributed by atoms with Gasteiger partial charge in [-0.2, -0.15) is 9.57 Å². The Kier molecular flexibility index (Phi) is 5.22. The van der Waals surface area contributed by atoms with Crippen molar-refractivity contribution in [3.8, 4) is 6.07 Å². The molecule has 21 heavy (non-hydrogen) atoms. The molecule has 0 aliphatic carbocycles. The summed E-state index contributed by atoms with van der Waals surface area (Å²) in [6, 6.07) is 6.07. The van der Waals surface area contributed by atoms with Crippen LogP contribution in [0.1, 0.15) is 31.2 Å². The van der Waals surface area contributed by atoms with Gasteiger partial charge in [-0.3, -0.25) is 0 Å². The lowest BCUT2D eigenvalue weighted by Gasteiger charge is -2.24. The van der Waals surface area contributed by atoms with Crippen molar-refractivity contribution in [1.82, 2.24) is 4.31 Å². The van der Waals surface area contributed by atoms with E-state index in [0.29, 0.717) is 19.4 Å². The average molecular weight is 329 g/mol. The fraction of sp³-hybridized carbons (Fsp3) is 0.500. The fourth-order valence-corrected chi connectivity index (χ4v) is 4.86. The lowest BCUT2D eigenvalue weighted by Crippen LogP contribution is -2.35. The number of hydrogen-bond acceptors (Lipinski definition) is 4. The lowest BCUT2D eigenvalue weighted by molar-refractivity contribution is 0.264. The van der Waals surface area contributed by atoms with Crippen molar-refractivity contribution < 1.29 is 13.5 Å². The number of hydrogen-bond donors (Lipinski definition) is 1. The minimum absolute atomic E-state index is 0.0147. The Labute approximate surface area is 129 Å². The van der Waals surface area contributed by atoms with Crippen LogP contribution in [0.5, 0.6) is 0 Å². The molecule has 1 fully saturated rings. The molecule has 1 N–H and O–H groups in total. The van der Waals surface area contributed by atoms with E-state index in [9.17, 15) is 8.42 Å². The van der Waals surface area contributed by atoms with Crippen molar-refractivity contribution in [2.45, 2.75) is 36.6 Å². The molecule has 0 radical (unpaired) electrons. The van der Waals surface area contributed by atoms with E-state index in [0.717, 1.165) is 12.8 Å². The Hall–Kier alpha value is -1.13. The van der Waals surface area contributed by atoms with Crippen LogP contribution in [0, 0.1) is 11.3 Å². The summed E-state index contributed by atoms with van der Waals surface area (Å²) in [5, 5.41) is 18.0. The van der Waals surface area contributed by atoms with E-state index in [2.05, 4.69) is 0 Å². The van der Waals surface area contributed by atoms with E-state index >= 15 is 0 Å². The smallest absolute Gasteiger partial charge is 0.244 e. The molecule has 0 amide bonds. The summed E-state index contributed by atoms with van der Waals surface area (Å²) in [7, 11) is -3.71. The summed E-state index contributed by atoms with van der Waals surface area (Å²) in [5.74, 6) is 0. The maximum atomic E-state index is 12.8. The molecule has 1 aliphatic heterocycles. The normalized spacial score (nSPS) is 19.6. The highest BCUT2D eigenvalue weighted by Crippen LogP contribution is 2.32. The van der Waals surface area contributed by atoms with Crippen LogP contribution < -0.4 is 0 Å². The van der Waals surface area contributed by atoms with Crippen LogP contribution in [0.25, 0.3) is 0 Å². The molecular weight excluding hydrogens is 312 g/mol. The highest BCUT2D eigenvalue weighted by Gasteiger charge is 2.36. The summed E-state index contributed by atoms with van der Waals surface area (Å²) >= 11 is 6.01. The number of aliphatic hydroxyl groups excluding tert-OH is 1. The van der Waals surface area contributed by atoms with Gasteiger partial charge in [-0.05, 0) is 43.9 Å². The van der Waals surface area contributed by atoms with Gasteiger partial charge < -0.3 is 5.11 Å². The van der Waals surface area contributed by atoms with E-state index in [1.165, 1.54) is 22.5 Å². The highest BCUT2D eigenvalue weighted by molar-refractivity contribution is 7.89. The Bertz CT molecular complexity index is 655. The summed E-state index contributed by atoms with van der Waals surface area (Å²) < 4.78 is 27.0. The second-order valence-corrected chi connectivity index (χ2v) is 7.30. The molecule has 0 aromatic heterocycles. The molecule has 1 aliphatic rings. The van der Waals surface area contributed by atoms with Gasteiger partial charge in [0.05, 0.1) is 16.7 Å². The van der Waals surface area contributed by atoms with E-state index < -0.39 is 10.0 Å². The van der Waals surface area contributed by atoms with Crippen LogP contribution >= 0.6 is 11.6 Å². The molecule has 1 saturated heterocycles. The van der Waals surface area contributed by atoms with Crippen LogP contribution in [-0.4, -0.2) is 37.0 Å². The maximum absolute atomic E-state index is 12.8. The molecule has 1 heterocycles. The summed E-state index contributed by atoms with van der Waals surface area (Å²) in [5.41, 5.74) is 0.268. The van der Waals surface area contributed by atoms with Crippen LogP contribution in [0.4, 0.5) is 0 Å². The number of aliphatic hydroxyl groups is 1. The minimum atomic E-state index is -3.71. The quantitative estimate of drug-likeness (QED) is 0.897. The topological polar surface area (TPSA) is 81.4 Å². The van der Waals surface area contributed by atoms with E-state index in [-0.39, 0.29) is 28.1 Å². The molecule has 7 heteroatoms. The predicted octanol–water partition coefficient (Wildman–Crippen LogP) is 2.14. The molecule has 1 atom stereocenters. The van der Waals surface area contributed by atoms with Gasteiger partial charge in [-0.1, -0.05) is 11.6 Å². The van der Waals surface area contributed by atoms with Crippen molar-refractivity contribution in [1.29, 1.82) is 5.26 Å². The van der Waals surface area contributed by atoms with Gasteiger partial charge in [0.15, 0.2) is 0 Å². The third-order valence-electron chi connectivity index (χ3n) is 3.67. The number of benzene rings is 1. The number of nitrogens with zero attached hydrogens (tertiary/aromatic N) is 2. The number of halogens is 1. The molecule has 1 aromatic carbocycles. The van der Waals surface area contributed by atoms with Gasteiger partial charge in [0.25, 0.3) is 0 Å². The molecular formula is C14H17ClN2O3S. The lowest BCUT2D eigenvalue weighted by atomic mass is 10.1. The summed E-state index contributed by atoms with van der Waals surface area (Å²) in [6.07, 6.45) is 2.79. The van der Waals surface area contributed by atoms with Gasteiger partial charge in [0, 0.05) is 19.2 Å². The molecule has 0 saturated carbocycles. The zero-order valence-corrected chi connectivity index (χ0v) is 13.1. The average Bonchev–Trinajstić information content (AvgIpc) is 2.94. The number of sulfonamides is 1. The van der Waals surface area contributed by atoms with Crippen molar-refractivity contribution in [3.63, 3.8) is 0 Å². The standard InChI is InChI=1S/C14H17ClN2O3S/c15-13-6-5-11(10-16)9-14(13)21(19,20)17-7-1-3-12(17)4-2-8-18/h5-6,9,12,18H,1-4,7-8H2. The minimum Gasteiger partial charge on any atom is -0.396 e. The summed E-state index contributed by atoms with van der Waals surface area (Å²) in [6.45, 7) is 0.501. The van der Waals surface area contributed by atoms with Gasteiger partial charge in [0.1, 0.15) is 4.90 Å². The zero-order valence-electron chi connectivity index (χ0n) is 11.5.